The maximum absolute atomic E-state index is 12.7. The number of carbonyl (C=O) groups excluding carboxylic acids is 1. The quantitative estimate of drug-likeness (QED) is 0.303. The lowest BCUT2D eigenvalue weighted by Crippen LogP contribution is -2.20. The molecule has 0 spiro atoms. The number of nitrogens with one attached hydrogen (secondary N) is 3. The summed E-state index contributed by atoms with van der Waals surface area (Å²) in [5.74, 6) is 2.83. The van der Waals surface area contributed by atoms with E-state index in [-0.39, 0.29) is 0 Å². The number of hydrogen-bond acceptors (Lipinski definition) is 8. The summed E-state index contributed by atoms with van der Waals surface area (Å²) in [6, 6.07) is 16.0. The van der Waals surface area contributed by atoms with Crippen LogP contribution >= 0.6 is 0 Å². The molecule has 0 aliphatic heterocycles. The van der Waals surface area contributed by atoms with E-state index >= 15 is 0 Å². The summed E-state index contributed by atoms with van der Waals surface area (Å²) in [5, 5.41) is 9.77. The lowest BCUT2D eigenvalue weighted by Gasteiger charge is -2.15. The van der Waals surface area contributed by atoms with Gasteiger partial charge in [0.15, 0.2) is 11.5 Å². The van der Waals surface area contributed by atoms with Crippen molar-refractivity contribution in [3.8, 4) is 23.0 Å². The number of carbonyl (C=O) groups is 1. The normalized spacial score (nSPS) is 10.4. The van der Waals surface area contributed by atoms with Gasteiger partial charge in [-0.2, -0.15) is 0 Å². The highest BCUT2D eigenvalue weighted by Crippen LogP contribution is 2.35. The van der Waals surface area contributed by atoms with Gasteiger partial charge < -0.3 is 34.9 Å². The van der Waals surface area contributed by atoms with Crippen LogP contribution in [0.1, 0.15) is 5.56 Å². The Balaban J connectivity index is 1.47. The molecular formula is C26H27N5O5. The van der Waals surface area contributed by atoms with E-state index in [9.17, 15) is 4.79 Å². The number of anilines is 3. The third-order valence-electron chi connectivity index (χ3n) is 5.45. The Labute approximate surface area is 208 Å². The maximum Gasteiger partial charge on any atom is 0.323 e. The fourth-order valence-corrected chi connectivity index (χ4v) is 3.72. The van der Waals surface area contributed by atoms with E-state index in [1.54, 1.807) is 44.6 Å². The number of urea groups is 1. The second kappa shape index (κ2) is 11.1. The van der Waals surface area contributed by atoms with Gasteiger partial charge >= 0.3 is 6.03 Å². The number of nitrogens with zero attached hydrogens (tertiary/aromatic N) is 2. The van der Waals surface area contributed by atoms with Crippen molar-refractivity contribution in [2.45, 2.75) is 6.54 Å². The highest BCUT2D eigenvalue weighted by Gasteiger charge is 2.14. The third kappa shape index (κ3) is 5.33. The Morgan fingerprint density at radius 1 is 0.778 bits per heavy atom. The van der Waals surface area contributed by atoms with Crippen molar-refractivity contribution in [1.82, 2.24) is 9.97 Å². The van der Waals surface area contributed by atoms with Crippen molar-refractivity contribution < 1.29 is 23.7 Å². The van der Waals surface area contributed by atoms with Gasteiger partial charge in [0.1, 0.15) is 29.3 Å². The van der Waals surface area contributed by atoms with Gasteiger partial charge in [-0.25, -0.2) is 14.8 Å². The second-order valence-electron chi connectivity index (χ2n) is 7.62. The number of rotatable bonds is 9. The van der Waals surface area contributed by atoms with Gasteiger partial charge in [-0.1, -0.05) is 18.2 Å². The molecule has 1 heterocycles. The minimum absolute atomic E-state index is 0.425. The number of benzene rings is 3. The van der Waals surface area contributed by atoms with Crippen LogP contribution in [0, 0.1) is 0 Å². The Morgan fingerprint density at radius 2 is 1.44 bits per heavy atom. The smallest absolute Gasteiger partial charge is 0.323 e. The molecule has 0 saturated heterocycles. The zero-order valence-corrected chi connectivity index (χ0v) is 20.4. The van der Waals surface area contributed by atoms with Crippen molar-refractivity contribution in [3.05, 3.63) is 66.5 Å². The number of methoxy groups -OCH3 is 4. The summed E-state index contributed by atoms with van der Waals surface area (Å²) in [6.45, 7) is 0.470. The van der Waals surface area contributed by atoms with Crippen LogP contribution in [0.3, 0.4) is 0 Å². The topological polar surface area (TPSA) is 116 Å². The van der Waals surface area contributed by atoms with E-state index in [1.165, 1.54) is 20.5 Å². The molecule has 0 bridgehead atoms. The van der Waals surface area contributed by atoms with E-state index in [0.29, 0.717) is 46.7 Å². The zero-order valence-electron chi connectivity index (χ0n) is 20.4. The molecule has 186 valence electrons. The molecule has 10 nitrogen and oxygen atoms in total. The lowest BCUT2D eigenvalue weighted by molar-refractivity contribution is 0.262. The van der Waals surface area contributed by atoms with Crippen LogP contribution in [0.15, 0.2) is 60.9 Å². The molecule has 4 rings (SSSR count). The van der Waals surface area contributed by atoms with Gasteiger partial charge in [-0.15, -0.1) is 0 Å². The first-order valence-corrected chi connectivity index (χ1v) is 11.0. The third-order valence-corrected chi connectivity index (χ3v) is 5.45. The molecule has 0 fully saturated rings. The van der Waals surface area contributed by atoms with Gasteiger partial charge in [0.2, 0.25) is 0 Å². The molecular weight excluding hydrogens is 462 g/mol. The first kappa shape index (κ1) is 24.4. The lowest BCUT2D eigenvalue weighted by atomic mass is 10.1. The number of aromatic nitrogens is 2. The molecule has 3 aromatic carbocycles. The largest absolute Gasteiger partial charge is 0.494 e. The van der Waals surface area contributed by atoms with Crippen molar-refractivity contribution in [3.63, 3.8) is 0 Å². The van der Waals surface area contributed by atoms with Crippen molar-refractivity contribution >= 4 is 34.1 Å². The summed E-state index contributed by atoms with van der Waals surface area (Å²) in [7, 11) is 6.22. The molecule has 0 aliphatic carbocycles. The summed E-state index contributed by atoms with van der Waals surface area (Å²) < 4.78 is 21.4. The Bertz CT molecular complexity index is 1360. The van der Waals surface area contributed by atoms with Crippen molar-refractivity contribution in [2.75, 3.05) is 44.4 Å². The van der Waals surface area contributed by atoms with Crippen LogP contribution in [0.4, 0.5) is 22.0 Å². The standard InChI is InChI=1S/C26H27N5O5/c1-33-20-9-6-10-21(34-2)24(20)31-26(32)30-17-8-5-7-16(11-17)14-27-25-18-12-22(35-3)23(36-4)13-19(18)28-15-29-25/h5-13,15H,14H2,1-4H3,(H,27,28,29)(H2,30,31,32). The van der Waals surface area contributed by atoms with Crippen molar-refractivity contribution in [1.29, 1.82) is 0 Å². The predicted octanol–water partition coefficient (Wildman–Crippen LogP) is 4.92. The average molecular weight is 490 g/mol. The van der Waals surface area contributed by atoms with E-state index < -0.39 is 6.03 Å². The fraction of sp³-hybridized carbons (Fsp3) is 0.192. The van der Waals surface area contributed by atoms with E-state index in [1.807, 2.05) is 24.3 Å². The average Bonchev–Trinajstić information content (AvgIpc) is 2.91. The first-order chi connectivity index (χ1) is 17.6. The molecule has 3 N–H and O–H groups in total. The van der Waals surface area contributed by atoms with E-state index in [0.717, 1.165) is 16.5 Å². The molecule has 0 radical (unpaired) electrons. The molecule has 0 saturated carbocycles. The monoisotopic (exact) mass is 489 g/mol. The number of fused-ring (bicyclic) bond motifs is 1. The molecule has 0 aliphatic rings. The summed E-state index contributed by atoms with van der Waals surface area (Å²) >= 11 is 0. The van der Waals surface area contributed by atoms with Gasteiger partial charge in [0.25, 0.3) is 0 Å². The SMILES string of the molecule is COc1cc2ncnc(NCc3cccc(NC(=O)Nc4c(OC)cccc4OC)c3)c2cc1OC. The Morgan fingerprint density at radius 3 is 2.14 bits per heavy atom. The maximum atomic E-state index is 12.7. The molecule has 4 aromatic rings. The van der Waals surface area contributed by atoms with Crippen LogP contribution in [0.25, 0.3) is 10.9 Å². The Hall–Kier alpha value is -4.73. The van der Waals surface area contributed by atoms with E-state index in [2.05, 4.69) is 25.9 Å². The molecule has 36 heavy (non-hydrogen) atoms. The van der Waals surface area contributed by atoms with Gasteiger partial charge in [-0.3, -0.25) is 0 Å². The van der Waals surface area contributed by atoms with Gasteiger partial charge in [0.05, 0.1) is 34.0 Å². The van der Waals surface area contributed by atoms with Gasteiger partial charge in [-0.05, 0) is 35.9 Å². The van der Waals surface area contributed by atoms with Crippen LogP contribution < -0.4 is 34.9 Å². The fourth-order valence-electron chi connectivity index (χ4n) is 3.72. The summed E-state index contributed by atoms with van der Waals surface area (Å²) in [6.07, 6.45) is 1.49. The number of para-hydroxylation sites is 1. The van der Waals surface area contributed by atoms with Crippen molar-refractivity contribution in [2.24, 2.45) is 0 Å². The highest BCUT2D eigenvalue weighted by molar-refractivity contribution is 6.01. The van der Waals surface area contributed by atoms with Crippen LogP contribution in [0.2, 0.25) is 0 Å². The minimum atomic E-state index is -0.425. The molecule has 10 heteroatoms. The molecule has 0 atom stereocenters. The van der Waals surface area contributed by atoms with Crippen LogP contribution in [-0.2, 0) is 6.54 Å². The zero-order chi connectivity index (χ0) is 25.5. The molecule has 1 aromatic heterocycles. The predicted molar refractivity (Wildman–Crippen MR) is 139 cm³/mol. The van der Waals surface area contributed by atoms with Crippen LogP contribution in [0.5, 0.6) is 23.0 Å². The number of ether oxygens (including phenoxy) is 4. The van der Waals surface area contributed by atoms with Crippen LogP contribution in [-0.4, -0.2) is 44.4 Å². The summed E-state index contributed by atoms with van der Waals surface area (Å²) in [4.78, 5) is 21.4. The Kier molecular flexibility index (Phi) is 7.54. The molecule has 0 unspecified atom stereocenters. The second-order valence-corrected chi connectivity index (χ2v) is 7.62. The number of amides is 2. The first-order valence-electron chi connectivity index (χ1n) is 11.0. The minimum Gasteiger partial charge on any atom is -0.494 e. The summed E-state index contributed by atoms with van der Waals surface area (Å²) in [5.41, 5.74) is 2.74. The van der Waals surface area contributed by atoms with Gasteiger partial charge in [0, 0.05) is 23.7 Å². The highest BCUT2D eigenvalue weighted by atomic mass is 16.5. The van der Waals surface area contributed by atoms with E-state index in [4.69, 9.17) is 18.9 Å². The number of hydrogen-bond donors (Lipinski definition) is 3. The molecule has 2 amide bonds.